The van der Waals surface area contributed by atoms with Crippen molar-refractivity contribution in [3.05, 3.63) is 119 Å². The van der Waals surface area contributed by atoms with Gasteiger partial charge >= 0.3 is 5.51 Å². The standard InChI is InChI=1S/C44H51ClF3N5O6S3/c45-35-15-11-32(12-16-35)40-10-6-1-3-7-34(40)30-49-22-23-50-36-17-13-33(14-18-36)43(54)52-62(57,58)39-19-20-41(42(29-39)61(55,56)44(46,47)48)51-37(21-24-53-25-27-59-28-26-53)31-60-38-8-4-2-5-9-38/h2,4-5,8-9,11-20,29,37,49-51H,1,3,6-7,10,21-28,30-31H2,(H,52,54)/t37-/m1/s1. The molecule has 334 valence electrons. The van der Waals surface area contributed by atoms with E-state index >= 15 is 0 Å². The molecule has 11 nitrogen and oxygen atoms in total. The van der Waals surface area contributed by atoms with Crippen molar-refractivity contribution in [3.8, 4) is 0 Å². The normalized spacial score (nSPS) is 16.1. The van der Waals surface area contributed by atoms with E-state index in [0.717, 1.165) is 49.3 Å². The zero-order valence-corrected chi connectivity index (χ0v) is 37.3. The number of anilines is 2. The van der Waals surface area contributed by atoms with Gasteiger partial charge in [-0.15, -0.1) is 11.8 Å². The SMILES string of the molecule is O=C(NS(=O)(=O)c1ccc(N[C@H](CCN2CCOCC2)CSc2ccccc2)c(S(=O)(=O)C(F)(F)F)c1)c1ccc(NCCNCC2=C(c3ccc(Cl)cc3)CCCCC2)cc1. The largest absolute Gasteiger partial charge is 0.501 e. The van der Waals surface area contributed by atoms with Crippen LogP contribution in [-0.4, -0.2) is 97.4 Å². The van der Waals surface area contributed by atoms with Gasteiger partial charge in [-0.2, -0.15) is 13.2 Å². The number of sulfone groups is 1. The summed E-state index contributed by atoms with van der Waals surface area (Å²) in [5.74, 6) is -0.679. The van der Waals surface area contributed by atoms with Crippen LogP contribution < -0.4 is 20.7 Å². The second-order valence-corrected chi connectivity index (χ2v) is 20.2. The van der Waals surface area contributed by atoms with E-state index in [0.29, 0.717) is 74.9 Å². The molecule has 0 bridgehead atoms. The fourth-order valence-corrected chi connectivity index (χ4v) is 10.4. The molecule has 0 aromatic heterocycles. The average molecular weight is 935 g/mol. The quantitative estimate of drug-likeness (QED) is 0.0531. The Morgan fingerprint density at radius 2 is 1.56 bits per heavy atom. The van der Waals surface area contributed by atoms with E-state index in [1.54, 1.807) is 12.1 Å². The first-order valence-corrected chi connectivity index (χ1v) is 24.8. The highest BCUT2D eigenvalue weighted by Crippen LogP contribution is 2.37. The monoisotopic (exact) mass is 933 g/mol. The van der Waals surface area contributed by atoms with Gasteiger partial charge in [-0.3, -0.25) is 9.69 Å². The number of nitrogens with zero attached hydrogens (tertiary/aromatic N) is 1. The molecule has 1 fully saturated rings. The lowest BCUT2D eigenvalue weighted by molar-refractivity contribution is -0.0435. The van der Waals surface area contributed by atoms with Crippen LogP contribution in [-0.2, 0) is 24.6 Å². The summed E-state index contributed by atoms with van der Waals surface area (Å²) < 4.78 is 102. The zero-order valence-electron chi connectivity index (χ0n) is 34.1. The van der Waals surface area contributed by atoms with Crippen molar-refractivity contribution >= 4 is 66.1 Å². The maximum atomic E-state index is 14.1. The second kappa shape index (κ2) is 22.0. The van der Waals surface area contributed by atoms with E-state index < -0.39 is 52.8 Å². The smallest absolute Gasteiger partial charge is 0.384 e. The number of halogens is 4. The van der Waals surface area contributed by atoms with Gasteiger partial charge in [-0.1, -0.05) is 53.9 Å². The first kappa shape index (κ1) is 47.4. The fraction of sp³-hybridized carbons (Fsp3) is 0.386. The van der Waals surface area contributed by atoms with Crippen LogP contribution in [0.25, 0.3) is 5.57 Å². The lowest BCUT2D eigenvalue weighted by atomic mass is 9.96. The van der Waals surface area contributed by atoms with Gasteiger partial charge in [0.05, 0.1) is 23.8 Å². The Bertz CT molecular complexity index is 2370. The van der Waals surface area contributed by atoms with Crippen molar-refractivity contribution in [2.75, 3.05) is 68.9 Å². The van der Waals surface area contributed by atoms with Crippen LogP contribution >= 0.6 is 23.4 Å². The van der Waals surface area contributed by atoms with E-state index in [2.05, 4.69) is 33.0 Å². The van der Waals surface area contributed by atoms with Gasteiger partial charge in [0.2, 0.25) is 0 Å². The Kier molecular flexibility index (Phi) is 16.8. The molecule has 1 aliphatic carbocycles. The summed E-state index contributed by atoms with van der Waals surface area (Å²) >= 11 is 7.56. The summed E-state index contributed by atoms with van der Waals surface area (Å²) in [6.07, 6.45) is 5.97. The molecule has 1 amide bonds. The number of alkyl halides is 3. The molecule has 1 atom stereocenters. The summed E-state index contributed by atoms with van der Waals surface area (Å²) in [7, 11) is -10.9. The number of hydrogen-bond donors (Lipinski definition) is 4. The van der Waals surface area contributed by atoms with Crippen LogP contribution in [0.5, 0.6) is 0 Å². The Morgan fingerprint density at radius 1 is 0.855 bits per heavy atom. The number of ether oxygens (including phenoxy) is 1. The number of benzene rings is 4. The molecule has 1 saturated heterocycles. The molecule has 0 radical (unpaired) electrons. The van der Waals surface area contributed by atoms with E-state index in [1.807, 2.05) is 47.2 Å². The number of allylic oxidation sites excluding steroid dienone is 1. The third-order valence-corrected chi connectivity index (χ3v) is 15.0. The molecule has 1 heterocycles. The Morgan fingerprint density at radius 3 is 2.27 bits per heavy atom. The number of rotatable bonds is 19. The molecular formula is C44H51ClF3N5O6S3. The first-order valence-electron chi connectivity index (χ1n) is 20.5. The topological polar surface area (TPSA) is 146 Å². The van der Waals surface area contributed by atoms with Gasteiger partial charge in [0.1, 0.15) is 4.90 Å². The minimum atomic E-state index is -6.05. The van der Waals surface area contributed by atoms with Gasteiger partial charge in [0.15, 0.2) is 0 Å². The Hall–Kier alpha value is -4.10. The summed E-state index contributed by atoms with van der Waals surface area (Å²) in [6.45, 7) is 4.98. The maximum Gasteiger partial charge on any atom is 0.501 e. The van der Waals surface area contributed by atoms with Gasteiger partial charge in [-0.25, -0.2) is 21.6 Å². The lowest BCUT2D eigenvalue weighted by Gasteiger charge is -2.29. The Balaban J connectivity index is 1.09. The molecule has 18 heteroatoms. The number of carbonyl (C=O) groups excluding carboxylic acids is 1. The predicted octanol–water partition coefficient (Wildman–Crippen LogP) is 8.47. The fourth-order valence-electron chi connectivity index (χ4n) is 7.28. The van der Waals surface area contributed by atoms with Crippen LogP contribution in [0.3, 0.4) is 0 Å². The molecule has 0 saturated carbocycles. The van der Waals surface area contributed by atoms with Crippen LogP contribution in [0, 0.1) is 0 Å². The molecule has 4 aromatic rings. The molecular weight excluding hydrogens is 883 g/mol. The van der Waals surface area contributed by atoms with E-state index in [1.165, 1.54) is 47.0 Å². The van der Waals surface area contributed by atoms with E-state index in [-0.39, 0.29) is 5.56 Å². The average Bonchev–Trinajstić information content (AvgIpc) is 3.50. The van der Waals surface area contributed by atoms with Crippen molar-refractivity contribution in [3.63, 3.8) is 0 Å². The minimum Gasteiger partial charge on any atom is -0.384 e. The van der Waals surface area contributed by atoms with Gasteiger partial charge < -0.3 is 20.7 Å². The third kappa shape index (κ3) is 13.2. The predicted molar refractivity (Wildman–Crippen MR) is 240 cm³/mol. The van der Waals surface area contributed by atoms with Crippen molar-refractivity contribution in [2.24, 2.45) is 0 Å². The van der Waals surface area contributed by atoms with Crippen molar-refractivity contribution in [1.82, 2.24) is 14.9 Å². The molecule has 0 spiro atoms. The molecule has 62 heavy (non-hydrogen) atoms. The van der Waals surface area contributed by atoms with Crippen LogP contribution in [0.15, 0.2) is 117 Å². The number of amides is 1. The summed E-state index contributed by atoms with van der Waals surface area (Å²) in [4.78, 5) is 14.1. The van der Waals surface area contributed by atoms with Crippen LogP contribution in [0.4, 0.5) is 24.5 Å². The number of hydrogen-bond acceptors (Lipinski definition) is 11. The third-order valence-electron chi connectivity index (χ3n) is 10.7. The van der Waals surface area contributed by atoms with Gasteiger partial charge in [0, 0.05) is 72.2 Å². The Labute approximate surface area is 371 Å². The van der Waals surface area contributed by atoms with Crippen molar-refractivity contribution in [1.29, 1.82) is 0 Å². The first-order chi connectivity index (χ1) is 29.7. The molecule has 1 aliphatic heterocycles. The number of morpholine rings is 1. The number of thioether (sulfide) groups is 1. The maximum absolute atomic E-state index is 14.1. The van der Waals surface area contributed by atoms with E-state index in [4.69, 9.17) is 16.3 Å². The highest BCUT2D eigenvalue weighted by atomic mass is 35.5. The molecule has 2 aliphatic rings. The number of carbonyl (C=O) groups is 1. The molecule has 4 N–H and O–H groups in total. The van der Waals surface area contributed by atoms with E-state index in [9.17, 15) is 34.8 Å². The summed E-state index contributed by atoms with van der Waals surface area (Å²) in [5, 5.41) is 10.5. The highest BCUT2D eigenvalue weighted by molar-refractivity contribution is 7.99. The molecule has 4 aromatic carbocycles. The number of sulfonamides is 1. The van der Waals surface area contributed by atoms with Crippen LogP contribution in [0.1, 0.15) is 54.4 Å². The van der Waals surface area contributed by atoms with Gasteiger partial charge in [-0.05, 0) is 110 Å². The van der Waals surface area contributed by atoms with Crippen molar-refractivity contribution < 1.29 is 39.5 Å². The summed E-state index contributed by atoms with van der Waals surface area (Å²) in [5.41, 5.74) is -1.55. The summed E-state index contributed by atoms with van der Waals surface area (Å²) in [6, 6.07) is 25.2. The lowest BCUT2D eigenvalue weighted by Crippen LogP contribution is -2.39. The molecule has 6 rings (SSSR count). The minimum absolute atomic E-state index is 0.0345. The van der Waals surface area contributed by atoms with Crippen molar-refractivity contribution in [2.45, 2.75) is 64.8 Å². The zero-order chi connectivity index (χ0) is 44.2. The van der Waals surface area contributed by atoms with Gasteiger partial charge in [0.25, 0.3) is 25.8 Å². The second-order valence-electron chi connectivity index (χ2n) is 15.1. The molecule has 0 unspecified atom stereocenters. The highest BCUT2D eigenvalue weighted by Gasteiger charge is 2.48. The number of nitrogens with one attached hydrogen (secondary N) is 4. The van der Waals surface area contributed by atoms with Crippen LogP contribution in [0.2, 0.25) is 5.02 Å².